The number of aromatic amines is 1. The molecule has 0 bridgehead atoms. The number of hydrogen-bond acceptors (Lipinski definition) is 3. The van der Waals surface area contributed by atoms with Crippen LogP contribution in [0.15, 0.2) is 71.3 Å². The number of fused-ring (bicyclic) bond motifs is 1. The third-order valence-corrected chi connectivity index (χ3v) is 6.59. The largest absolute Gasteiger partial charge is 0.488 e. The van der Waals surface area contributed by atoms with Gasteiger partial charge >= 0.3 is 5.97 Å². The molecule has 0 fully saturated rings. The monoisotopic (exact) mass is 546 g/mol. The van der Waals surface area contributed by atoms with Gasteiger partial charge in [-0.15, -0.1) is 0 Å². The van der Waals surface area contributed by atoms with Gasteiger partial charge in [-0.1, -0.05) is 63.4 Å². The summed E-state index contributed by atoms with van der Waals surface area (Å²) in [5.41, 5.74) is 3.45. The fraction of sp³-hybridized carbons (Fsp3) is 0.160. The summed E-state index contributed by atoms with van der Waals surface area (Å²) in [6.45, 7) is 0.509. The molecular weight excluding hydrogens is 527 g/mol. The predicted molar refractivity (Wildman–Crippen MR) is 135 cm³/mol. The summed E-state index contributed by atoms with van der Waals surface area (Å²) >= 11 is 16.0. The molecule has 0 spiro atoms. The summed E-state index contributed by atoms with van der Waals surface area (Å²) in [6.07, 6.45) is 2.21. The average molecular weight is 548 g/mol. The normalized spacial score (nSPS) is 12.1. The second-order valence-electron chi connectivity index (χ2n) is 7.58. The number of carboxylic acids is 1. The van der Waals surface area contributed by atoms with Gasteiger partial charge in [0, 0.05) is 55.7 Å². The molecule has 3 N–H and O–H groups in total. The predicted octanol–water partition coefficient (Wildman–Crippen LogP) is 6.60. The summed E-state index contributed by atoms with van der Waals surface area (Å²) < 4.78 is 6.88. The maximum atomic E-state index is 12.0. The van der Waals surface area contributed by atoms with Gasteiger partial charge in [0.2, 0.25) is 0 Å². The van der Waals surface area contributed by atoms with Crippen LogP contribution in [0, 0.1) is 0 Å². The highest BCUT2D eigenvalue weighted by Gasteiger charge is 2.20. The Balaban J connectivity index is 1.49. The molecule has 170 valence electrons. The van der Waals surface area contributed by atoms with Gasteiger partial charge in [-0.3, -0.25) is 10.1 Å². The van der Waals surface area contributed by atoms with Gasteiger partial charge < -0.3 is 14.8 Å². The molecule has 0 saturated heterocycles. The van der Waals surface area contributed by atoms with Crippen LogP contribution in [0.3, 0.4) is 0 Å². The van der Waals surface area contributed by atoms with E-state index in [1.165, 1.54) is 0 Å². The van der Waals surface area contributed by atoms with E-state index in [9.17, 15) is 9.90 Å². The van der Waals surface area contributed by atoms with Crippen LogP contribution in [-0.2, 0) is 24.4 Å². The molecule has 33 heavy (non-hydrogen) atoms. The number of ether oxygens (including phenoxy) is 1. The zero-order valence-electron chi connectivity index (χ0n) is 17.4. The van der Waals surface area contributed by atoms with Crippen LogP contribution < -0.4 is 10.1 Å². The highest BCUT2D eigenvalue weighted by atomic mass is 79.9. The minimum atomic E-state index is -0.916. The smallest absolute Gasteiger partial charge is 0.321 e. The van der Waals surface area contributed by atoms with Gasteiger partial charge in [0.05, 0.1) is 0 Å². The van der Waals surface area contributed by atoms with Crippen molar-refractivity contribution in [3.8, 4) is 5.75 Å². The molecule has 4 aromatic rings. The number of H-pyrrole nitrogens is 1. The number of benzene rings is 3. The molecule has 4 rings (SSSR count). The van der Waals surface area contributed by atoms with Crippen molar-refractivity contribution < 1.29 is 14.6 Å². The number of para-hydroxylation sites is 1. The second kappa shape index (κ2) is 10.6. The molecule has 0 radical (unpaired) electrons. The molecule has 0 aliphatic carbocycles. The van der Waals surface area contributed by atoms with Crippen LogP contribution in [-0.4, -0.2) is 22.1 Å². The van der Waals surface area contributed by atoms with Gasteiger partial charge in [0.25, 0.3) is 0 Å². The Kier molecular flexibility index (Phi) is 7.60. The average Bonchev–Trinajstić information content (AvgIpc) is 3.20. The molecule has 0 unspecified atom stereocenters. The number of aliphatic carboxylic acids is 1. The number of rotatable bonds is 9. The van der Waals surface area contributed by atoms with Crippen LogP contribution in [0.1, 0.15) is 16.7 Å². The first-order valence-corrected chi connectivity index (χ1v) is 11.8. The highest BCUT2D eigenvalue weighted by molar-refractivity contribution is 9.10. The van der Waals surface area contributed by atoms with E-state index < -0.39 is 12.0 Å². The van der Waals surface area contributed by atoms with Crippen molar-refractivity contribution in [3.05, 3.63) is 98.1 Å². The van der Waals surface area contributed by atoms with Gasteiger partial charge in [-0.2, -0.15) is 0 Å². The molecule has 0 aliphatic heterocycles. The zero-order chi connectivity index (χ0) is 23.4. The van der Waals surface area contributed by atoms with E-state index in [0.29, 0.717) is 34.3 Å². The lowest BCUT2D eigenvalue weighted by Crippen LogP contribution is -2.38. The van der Waals surface area contributed by atoms with Crippen LogP contribution in [0.4, 0.5) is 0 Å². The van der Waals surface area contributed by atoms with Crippen molar-refractivity contribution in [3.63, 3.8) is 0 Å². The minimum Gasteiger partial charge on any atom is -0.488 e. The van der Waals surface area contributed by atoms with E-state index in [0.717, 1.165) is 26.5 Å². The van der Waals surface area contributed by atoms with E-state index in [2.05, 4.69) is 26.2 Å². The molecule has 0 aliphatic rings. The second-order valence-corrected chi connectivity index (χ2v) is 9.31. The van der Waals surface area contributed by atoms with E-state index in [-0.39, 0.29) is 6.61 Å². The Morgan fingerprint density at radius 1 is 1.06 bits per heavy atom. The number of hydrogen-bond donors (Lipinski definition) is 3. The van der Waals surface area contributed by atoms with E-state index in [1.54, 1.807) is 18.2 Å². The van der Waals surface area contributed by atoms with Gasteiger partial charge in [0.1, 0.15) is 18.4 Å². The van der Waals surface area contributed by atoms with Gasteiger partial charge in [-0.25, -0.2) is 0 Å². The molecule has 8 heteroatoms. The van der Waals surface area contributed by atoms with Crippen molar-refractivity contribution in [2.75, 3.05) is 0 Å². The third-order valence-electron chi connectivity index (χ3n) is 5.39. The molecular formula is C25H21BrCl2N2O3. The Labute approximate surface area is 209 Å². The highest BCUT2D eigenvalue weighted by Crippen LogP contribution is 2.29. The van der Waals surface area contributed by atoms with Crippen molar-refractivity contribution in [2.45, 2.75) is 25.6 Å². The summed E-state index contributed by atoms with van der Waals surface area (Å²) in [7, 11) is 0. The van der Waals surface area contributed by atoms with Crippen LogP contribution >= 0.6 is 39.1 Å². The van der Waals surface area contributed by atoms with Crippen LogP contribution in [0.5, 0.6) is 5.75 Å². The first-order valence-electron chi connectivity index (χ1n) is 10.3. The lowest BCUT2D eigenvalue weighted by molar-refractivity contribution is -0.139. The van der Waals surface area contributed by atoms with Crippen LogP contribution in [0.25, 0.3) is 10.9 Å². The fourth-order valence-corrected chi connectivity index (χ4v) is 4.56. The Morgan fingerprint density at radius 3 is 2.58 bits per heavy atom. The van der Waals surface area contributed by atoms with E-state index >= 15 is 0 Å². The quantitative estimate of drug-likeness (QED) is 0.220. The Hall–Kier alpha value is -2.51. The number of halogens is 3. The Morgan fingerprint density at radius 2 is 1.82 bits per heavy atom. The van der Waals surface area contributed by atoms with Crippen molar-refractivity contribution >= 4 is 56.0 Å². The molecule has 5 nitrogen and oxygen atoms in total. The number of carbonyl (C=O) groups is 1. The molecule has 1 heterocycles. The summed E-state index contributed by atoms with van der Waals surface area (Å²) in [5, 5.41) is 15.1. The third kappa shape index (κ3) is 5.71. The van der Waals surface area contributed by atoms with Crippen molar-refractivity contribution in [2.24, 2.45) is 0 Å². The van der Waals surface area contributed by atoms with Crippen molar-refractivity contribution in [1.29, 1.82) is 0 Å². The van der Waals surface area contributed by atoms with E-state index in [4.69, 9.17) is 27.9 Å². The summed E-state index contributed by atoms with van der Waals surface area (Å²) in [5.74, 6) is -0.293. The molecule has 0 saturated carbocycles. The number of nitrogens with one attached hydrogen (secondary N) is 2. The van der Waals surface area contributed by atoms with Gasteiger partial charge in [-0.05, 0) is 42.0 Å². The molecule has 1 atom stereocenters. The first-order chi connectivity index (χ1) is 15.9. The van der Waals surface area contributed by atoms with E-state index in [1.807, 2.05) is 48.7 Å². The maximum absolute atomic E-state index is 12.0. The SMILES string of the molecule is O=C(O)[C@@H](Cc1c[nH]c2ccccc12)NCc1cc(Br)ccc1OCc1c(Cl)cccc1Cl. The molecule has 0 amide bonds. The van der Waals surface area contributed by atoms with Gasteiger partial charge in [0.15, 0.2) is 0 Å². The van der Waals surface area contributed by atoms with Crippen molar-refractivity contribution in [1.82, 2.24) is 10.3 Å². The lowest BCUT2D eigenvalue weighted by Gasteiger charge is -2.17. The lowest BCUT2D eigenvalue weighted by atomic mass is 10.0. The summed E-state index contributed by atoms with van der Waals surface area (Å²) in [6, 6.07) is 18.0. The summed E-state index contributed by atoms with van der Waals surface area (Å²) in [4.78, 5) is 15.2. The standard InChI is InChI=1S/C25H21BrCl2N2O3/c26-17-8-9-24(33-14-19-20(27)5-3-6-21(19)28)16(10-17)13-30-23(25(31)32)11-15-12-29-22-7-2-1-4-18(15)22/h1-10,12,23,29-30H,11,13-14H2,(H,31,32)/t23-/m1/s1. The zero-order valence-corrected chi connectivity index (χ0v) is 20.5. The van der Waals surface area contributed by atoms with Crippen LogP contribution in [0.2, 0.25) is 10.0 Å². The number of aromatic nitrogens is 1. The maximum Gasteiger partial charge on any atom is 0.321 e. The topological polar surface area (TPSA) is 74.3 Å². The fourth-order valence-electron chi connectivity index (χ4n) is 3.65. The molecule has 1 aromatic heterocycles. The molecule has 3 aromatic carbocycles. The minimum absolute atomic E-state index is 0.199. The Bertz CT molecular complexity index is 1270. The number of carboxylic acid groups (broad SMARTS) is 1. The first kappa shape index (κ1) is 23.6.